The zero-order valence-corrected chi connectivity index (χ0v) is 10.1. The fourth-order valence-corrected chi connectivity index (χ4v) is 3.41. The van der Waals surface area contributed by atoms with Crippen molar-refractivity contribution >= 4 is 23.3 Å². The molecule has 3 nitrogen and oxygen atoms in total. The van der Waals surface area contributed by atoms with Gasteiger partial charge in [0.05, 0.1) is 5.92 Å². The molecule has 90 valence electrons. The normalized spacial score (nSPS) is 30.3. The van der Waals surface area contributed by atoms with Gasteiger partial charge in [-0.1, -0.05) is 24.1 Å². The van der Waals surface area contributed by atoms with Gasteiger partial charge < -0.3 is 10.4 Å². The molecule has 2 aliphatic rings. The molecule has 0 aromatic heterocycles. The van der Waals surface area contributed by atoms with Gasteiger partial charge >= 0.3 is 5.97 Å². The van der Waals surface area contributed by atoms with Crippen LogP contribution in [0.5, 0.6) is 0 Å². The van der Waals surface area contributed by atoms with Crippen LogP contribution in [0.25, 0.3) is 0 Å². The van der Waals surface area contributed by atoms with Crippen LogP contribution >= 0.6 is 11.6 Å². The molecule has 0 spiro atoms. The predicted molar refractivity (Wildman–Crippen MR) is 66.6 cm³/mol. The molecule has 2 N–H and O–H groups in total. The van der Waals surface area contributed by atoms with Gasteiger partial charge in [-0.25, -0.2) is 0 Å². The van der Waals surface area contributed by atoms with Gasteiger partial charge in [-0.3, -0.25) is 4.79 Å². The minimum atomic E-state index is -0.716. The third-order valence-electron chi connectivity index (χ3n) is 3.95. The molecule has 3 atom stereocenters. The van der Waals surface area contributed by atoms with E-state index in [4.69, 9.17) is 11.6 Å². The highest BCUT2D eigenvalue weighted by Gasteiger charge is 2.42. The van der Waals surface area contributed by atoms with Crippen molar-refractivity contribution in [1.82, 2.24) is 0 Å². The number of aliphatic carboxylic acids is 1. The number of nitrogens with one attached hydrogen (secondary N) is 1. The summed E-state index contributed by atoms with van der Waals surface area (Å²) in [6.45, 7) is 0. The van der Waals surface area contributed by atoms with E-state index in [1.165, 1.54) is 0 Å². The van der Waals surface area contributed by atoms with Crippen molar-refractivity contribution in [2.24, 2.45) is 5.92 Å². The Bertz CT molecular complexity index is 474. The number of rotatable bonds is 1. The Morgan fingerprint density at radius 2 is 2.24 bits per heavy atom. The molecule has 1 aliphatic heterocycles. The smallest absolute Gasteiger partial charge is 0.311 e. The van der Waals surface area contributed by atoms with E-state index in [0.717, 1.165) is 30.5 Å². The Hall–Kier alpha value is -1.22. The van der Waals surface area contributed by atoms with Gasteiger partial charge in [0, 0.05) is 16.8 Å². The molecule has 1 saturated carbocycles. The van der Waals surface area contributed by atoms with Crippen LogP contribution in [0.4, 0.5) is 5.69 Å². The molecule has 17 heavy (non-hydrogen) atoms. The summed E-state index contributed by atoms with van der Waals surface area (Å²) in [7, 11) is 0. The molecule has 3 rings (SSSR count). The number of carboxylic acid groups (broad SMARTS) is 1. The predicted octanol–water partition coefficient (Wildman–Crippen LogP) is 3.10. The highest BCUT2D eigenvalue weighted by Crippen LogP contribution is 2.46. The molecule has 1 aromatic carbocycles. The number of fused-ring (bicyclic) bond motifs is 2. The van der Waals surface area contributed by atoms with Crippen LogP contribution in [0.2, 0.25) is 5.02 Å². The molecule has 1 aromatic rings. The second-order valence-corrected chi connectivity index (χ2v) is 5.33. The van der Waals surface area contributed by atoms with Gasteiger partial charge in [0.2, 0.25) is 0 Å². The van der Waals surface area contributed by atoms with E-state index in [1.54, 1.807) is 6.07 Å². The first-order valence-corrected chi connectivity index (χ1v) is 6.33. The second kappa shape index (κ2) is 3.91. The Labute approximate surface area is 105 Å². The van der Waals surface area contributed by atoms with Gasteiger partial charge in [0.15, 0.2) is 0 Å². The first-order valence-electron chi connectivity index (χ1n) is 5.95. The monoisotopic (exact) mass is 251 g/mol. The first-order chi connectivity index (χ1) is 8.16. The number of hydrogen-bond donors (Lipinski definition) is 2. The second-order valence-electron chi connectivity index (χ2n) is 4.89. The van der Waals surface area contributed by atoms with Crippen molar-refractivity contribution in [2.45, 2.75) is 31.2 Å². The van der Waals surface area contributed by atoms with Crippen molar-refractivity contribution < 1.29 is 9.90 Å². The van der Waals surface area contributed by atoms with Gasteiger partial charge in [-0.2, -0.15) is 0 Å². The molecule has 3 unspecified atom stereocenters. The van der Waals surface area contributed by atoms with E-state index in [0.29, 0.717) is 11.1 Å². The maximum Gasteiger partial charge on any atom is 0.311 e. The van der Waals surface area contributed by atoms with E-state index in [2.05, 4.69) is 5.32 Å². The van der Waals surface area contributed by atoms with Gasteiger partial charge in [-0.05, 0) is 36.5 Å². The number of halogens is 1. The maximum absolute atomic E-state index is 11.5. The third-order valence-corrected chi connectivity index (χ3v) is 4.19. The number of anilines is 1. The molecule has 0 saturated heterocycles. The summed E-state index contributed by atoms with van der Waals surface area (Å²) in [6, 6.07) is 5.74. The van der Waals surface area contributed by atoms with Crippen LogP contribution < -0.4 is 5.32 Å². The van der Waals surface area contributed by atoms with Crippen LogP contribution in [0, 0.1) is 5.92 Å². The van der Waals surface area contributed by atoms with Gasteiger partial charge in [0.25, 0.3) is 0 Å². The minimum Gasteiger partial charge on any atom is -0.481 e. The average Bonchev–Trinajstić information content (AvgIpc) is 2.72. The summed E-state index contributed by atoms with van der Waals surface area (Å²) in [6.07, 6.45) is 3.16. The third kappa shape index (κ3) is 1.69. The summed E-state index contributed by atoms with van der Waals surface area (Å²) >= 11 is 5.96. The lowest BCUT2D eigenvalue weighted by molar-refractivity contribution is -0.140. The zero-order chi connectivity index (χ0) is 12.0. The molecular formula is C13H14ClNO2. The summed E-state index contributed by atoms with van der Waals surface area (Å²) in [5.41, 5.74) is 1.78. The Morgan fingerprint density at radius 1 is 1.41 bits per heavy atom. The summed E-state index contributed by atoms with van der Waals surface area (Å²) in [5.74, 6) is -0.871. The van der Waals surface area contributed by atoms with E-state index < -0.39 is 5.97 Å². The quantitative estimate of drug-likeness (QED) is 0.806. The average molecular weight is 252 g/mol. The van der Waals surface area contributed by atoms with E-state index in [-0.39, 0.29) is 11.8 Å². The van der Waals surface area contributed by atoms with Crippen LogP contribution in [-0.4, -0.2) is 17.1 Å². The fourth-order valence-electron chi connectivity index (χ4n) is 3.24. The minimum absolute atomic E-state index is 0.223. The van der Waals surface area contributed by atoms with Crippen LogP contribution in [0.15, 0.2) is 18.2 Å². The largest absolute Gasteiger partial charge is 0.481 e. The van der Waals surface area contributed by atoms with Gasteiger partial charge in [0.1, 0.15) is 0 Å². The van der Waals surface area contributed by atoms with E-state index in [9.17, 15) is 9.90 Å². The summed E-state index contributed by atoms with van der Waals surface area (Å²) in [5, 5.41) is 13.5. The Balaban J connectivity index is 2.09. The topological polar surface area (TPSA) is 49.3 Å². The highest BCUT2D eigenvalue weighted by atomic mass is 35.5. The van der Waals surface area contributed by atoms with Crippen molar-refractivity contribution in [3.63, 3.8) is 0 Å². The van der Waals surface area contributed by atoms with Crippen molar-refractivity contribution in [3.05, 3.63) is 28.8 Å². The first kappa shape index (κ1) is 10.9. The number of benzene rings is 1. The van der Waals surface area contributed by atoms with Crippen molar-refractivity contribution in [3.8, 4) is 0 Å². The fraction of sp³-hybridized carbons (Fsp3) is 0.462. The molecule has 4 heteroatoms. The van der Waals surface area contributed by atoms with Crippen LogP contribution in [0.3, 0.4) is 0 Å². The molecule has 1 aliphatic carbocycles. The summed E-state index contributed by atoms with van der Waals surface area (Å²) < 4.78 is 0. The van der Waals surface area contributed by atoms with E-state index >= 15 is 0 Å². The van der Waals surface area contributed by atoms with Crippen LogP contribution in [-0.2, 0) is 4.79 Å². The van der Waals surface area contributed by atoms with Crippen molar-refractivity contribution in [2.75, 3.05) is 5.32 Å². The van der Waals surface area contributed by atoms with E-state index in [1.807, 2.05) is 12.1 Å². The number of hydrogen-bond acceptors (Lipinski definition) is 2. The maximum atomic E-state index is 11.5. The number of carboxylic acids is 1. The molecule has 0 amide bonds. The highest BCUT2D eigenvalue weighted by molar-refractivity contribution is 6.30. The number of carbonyl (C=O) groups is 1. The van der Waals surface area contributed by atoms with Crippen LogP contribution in [0.1, 0.15) is 30.7 Å². The Kier molecular flexibility index (Phi) is 2.51. The lowest BCUT2D eigenvalue weighted by atomic mass is 9.79. The molecule has 0 radical (unpaired) electrons. The lowest BCUT2D eigenvalue weighted by Gasteiger charge is -2.34. The molecular weight excluding hydrogens is 238 g/mol. The molecule has 1 heterocycles. The summed E-state index contributed by atoms with van der Waals surface area (Å²) in [4.78, 5) is 11.5. The van der Waals surface area contributed by atoms with Gasteiger partial charge in [-0.15, -0.1) is 0 Å². The standard InChI is InChI=1S/C13H14ClNO2/c14-7-4-5-9-11(6-7)15-10-3-1-2-8(10)12(9)13(16)17/h4-6,8,10,12,15H,1-3H2,(H,16,17). The Morgan fingerprint density at radius 3 is 3.00 bits per heavy atom. The zero-order valence-electron chi connectivity index (χ0n) is 9.32. The lowest BCUT2D eigenvalue weighted by Crippen LogP contribution is -2.37. The SMILES string of the molecule is O=C(O)C1c2ccc(Cl)cc2NC2CCCC21. The van der Waals surface area contributed by atoms with Crippen molar-refractivity contribution in [1.29, 1.82) is 0 Å². The molecule has 0 bridgehead atoms. The molecule has 1 fully saturated rings.